The van der Waals surface area contributed by atoms with Gasteiger partial charge in [0.25, 0.3) is 0 Å². The summed E-state index contributed by atoms with van der Waals surface area (Å²) in [6, 6.07) is 21.0. The molecule has 0 bridgehead atoms. The van der Waals surface area contributed by atoms with Gasteiger partial charge in [0.2, 0.25) is 0 Å². The molecule has 0 radical (unpaired) electrons. The number of rotatable bonds is 26. The van der Waals surface area contributed by atoms with E-state index in [9.17, 15) is 28.8 Å². The van der Waals surface area contributed by atoms with E-state index in [0.29, 0.717) is 36.5 Å². The molecule has 15 heteroatoms. The van der Waals surface area contributed by atoms with Crippen LogP contribution in [-0.2, 0) is 57.2 Å². The van der Waals surface area contributed by atoms with E-state index in [1.165, 1.54) is 39.6 Å². The van der Waals surface area contributed by atoms with Crippen molar-refractivity contribution < 1.29 is 71.4 Å². The molecule has 0 aliphatic carbocycles. The van der Waals surface area contributed by atoms with Gasteiger partial charge in [0.1, 0.15) is 30.5 Å². The lowest BCUT2D eigenvalue weighted by Crippen LogP contribution is -2.31. The van der Waals surface area contributed by atoms with Crippen molar-refractivity contribution in [3.63, 3.8) is 0 Å². The summed E-state index contributed by atoms with van der Waals surface area (Å²) in [5, 5.41) is 0. The molecule has 0 heterocycles. The maximum atomic E-state index is 12.8. The van der Waals surface area contributed by atoms with Gasteiger partial charge >= 0.3 is 35.8 Å². The normalized spacial score (nSPS) is 11.0. The first-order chi connectivity index (χ1) is 29.1. The zero-order valence-electron chi connectivity index (χ0n) is 33.9. The number of methoxy groups -OCH3 is 3. The highest BCUT2D eigenvalue weighted by Gasteiger charge is 2.20. The van der Waals surface area contributed by atoms with Gasteiger partial charge in [-0.05, 0) is 90.6 Å². The SMILES string of the molecule is COC(=O)/C=C/c1ccc(OCCCC(=O)OCC(COC(=O)CCCOc2ccc(/C=C/C(=O)OC)cc2)OC(=O)CCCOc2ccc(/C=C/C(=O)OC)cc2)cc1. The number of carbonyl (C=O) groups excluding carboxylic acids is 6. The van der Waals surface area contributed by atoms with E-state index in [4.69, 9.17) is 28.4 Å². The van der Waals surface area contributed by atoms with Crippen molar-refractivity contribution in [1.82, 2.24) is 0 Å². The van der Waals surface area contributed by atoms with Crippen LogP contribution in [0.15, 0.2) is 91.0 Å². The molecule has 0 amide bonds. The van der Waals surface area contributed by atoms with E-state index in [-0.39, 0.29) is 52.3 Å². The predicted octanol–water partition coefficient (Wildman–Crippen LogP) is 6.12. The van der Waals surface area contributed by atoms with Crippen molar-refractivity contribution in [1.29, 1.82) is 0 Å². The van der Waals surface area contributed by atoms with Gasteiger partial charge in [0.15, 0.2) is 6.10 Å². The maximum Gasteiger partial charge on any atom is 0.330 e. The van der Waals surface area contributed by atoms with Gasteiger partial charge in [0, 0.05) is 37.5 Å². The van der Waals surface area contributed by atoms with Crippen LogP contribution in [0.1, 0.15) is 55.2 Å². The number of carbonyl (C=O) groups is 6. The van der Waals surface area contributed by atoms with Crippen LogP contribution in [0.4, 0.5) is 0 Å². The average molecular weight is 831 g/mol. The molecule has 0 N–H and O–H groups in total. The van der Waals surface area contributed by atoms with Gasteiger partial charge < -0.3 is 42.6 Å². The van der Waals surface area contributed by atoms with Crippen LogP contribution in [-0.4, -0.2) is 96.3 Å². The quantitative estimate of drug-likeness (QED) is 0.0390. The molecule has 3 rings (SSSR count). The molecule has 0 atom stereocenters. The van der Waals surface area contributed by atoms with E-state index < -0.39 is 41.9 Å². The van der Waals surface area contributed by atoms with Crippen LogP contribution in [0, 0.1) is 0 Å². The van der Waals surface area contributed by atoms with E-state index >= 15 is 0 Å². The van der Waals surface area contributed by atoms with Crippen LogP contribution in [0.25, 0.3) is 18.2 Å². The first-order valence-corrected chi connectivity index (χ1v) is 19.0. The summed E-state index contributed by atoms with van der Waals surface area (Å²) < 4.78 is 47.1. The van der Waals surface area contributed by atoms with Gasteiger partial charge in [-0.15, -0.1) is 0 Å². The number of benzene rings is 3. The minimum Gasteiger partial charge on any atom is -0.494 e. The molecule has 0 spiro atoms. The summed E-state index contributed by atoms with van der Waals surface area (Å²) in [7, 11) is 3.89. The number of hydrogen-bond donors (Lipinski definition) is 0. The van der Waals surface area contributed by atoms with Crippen LogP contribution in [0.3, 0.4) is 0 Å². The molecule has 0 saturated carbocycles. The third-order valence-corrected chi connectivity index (χ3v) is 8.02. The summed E-state index contributed by atoms with van der Waals surface area (Å²) in [6.07, 6.45) is 8.72. The molecule has 3 aromatic rings. The highest BCUT2D eigenvalue weighted by molar-refractivity contribution is 5.88. The van der Waals surface area contributed by atoms with E-state index in [1.54, 1.807) is 91.0 Å². The van der Waals surface area contributed by atoms with Crippen molar-refractivity contribution in [2.45, 2.75) is 44.6 Å². The van der Waals surface area contributed by atoms with Crippen molar-refractivity contribution in [2.75, 3.05) is 54.4 Å². The molecule has 3 aromatic carbocycles. The largest absolute Gasteiger partial charge is 0.494 e. The fourth-order valence-electron chi connectivity index (χ4n) is 4.82. The number of ether oxygens (including phenoxy) is 9. The Hall–Kier alpha value is -6.90. The second-order valence-electron chi connectivity index (χ2n) is 12.6. The minimum atomic E-state index is -1.05. The van der Waals surface area contributed by atoms with Crippen molar-refractivity contribution in [3.8, 4) is 17.2 Å². The Labute approximate surface area is 348 Å². The van der Waals surface area contributed by atoms with Gasteiger partial charge in [-0.1, -0.05) is 36.4 Å². The van der Waals surface area contributed by atoms with E-state index in [2.05, 4.69) is 14.2 Å². The molecule has 60 heavy (non-hydrogen) atoms. The van der Waals surface area contributed by atoms with Crippen LogP contribution in [0.5, 0.6) is 17.2 Å². The minimum absolute atomic E-state index is 0.0158. The van der Waals surface area contributed by atoms with Gasteiger partial charge in [-0.2, -0.15) is 0 Å². The van der Waals surface area contributed by atoms with Gasteiger partial charge in [-0.3, -0.25) is 14.4 Å². The highest BCUT2D eigenvalue weighted by atomic mass is 16.6. The molecular weight excluding hydrogens is 780 g/mol. The fraction of sp³-hybridized carbons (Fsp3) is 0.333. The topological polar surface area (TPSA) is 185 Å². The molecule has 0 aromatic heterocycles. The van der Waals surface area contributed by atoms with Crippen molar-refractivity contribution >= 4 is 54.0 Å². The summed E-state index contributed by atoms with van der Waals surface area (Å²) in [5.41, 5.74) is 2.33. The first-order valence-electron chi connectivity index (χ1n) is 19.0. The van der Waals surface area contributed by atoms with Gasteiger partial charge in [0.05, 0.1) is 41.2 Å². The van der Waals surface area contributed by atoms with Gasteiger partial charge in [-0.25, -0.2) is 14.4 Å². The monoisotopic (exact) mass is 830 g/mol. The molecule has 0 fully saturated rings. The summed E-state index contributed by atoms with van der Waals surface area (Å²) in [5.74, 6) is -1.39. The zero-order valence-corrected chi connectivity index (χ0v) is 33.9. The lowest BCUT2D eigenvalue weighted by molar-refractivity contribution is -0.167. The molecule has 320 valence electrons. The zero-order chi connectivity index (χ0) is 43.4. The number of esters is 6. The van der Waals surface area contributed by atoms with Crippen LogP contribution >= 0.6 is 0 Å². The van der Waals surface area contributed by atoms with E-state index in [1.807, 2.05) is 0 Å². The van der Waals surface area contributed by atoms with Crippen LogP contribution in [0.2, 0.25) is 0 Å². The second-order valence-corrected chi connectivity index (χ2v) is 12.6. The molecule has 0 saturated heterocycles. The molecule has 0 aliphatic rings. The summed E-state index contributed by atoms with van der Waals surface area (Å²) in [6.45, 7) is -0.00553. The van der Waals surface area contributed by atoms with E-state index in [0.717, 1.165) is 16.7 Å². The smallest absolute Gasteiger partial charge is 0.330 e. The Balaban J connectivity index is 1.43. The van der Waals surface area contributed by atoms with Crippen molar-refractivity contribution in [2.24, 2.45) is 0 Å². The van der Waals surface area contributed by atoms with Crippen LogP contribution < -0.4 is 14.2 Å². The molecule has 0 aliphatic heterocycles. The predicted molar refractivity (Wildman–Crippen MR) is 218 cm³/mol. The van der Waals surface area contributed by atoms with Crippen molar-refractivity contribution in [3.05, 3.63) is 108 Å². The first kappa shape index (κ1) is 47.5. The standard InChI is InChI=1S/C45H50O15/c1-52-40(46)25-16-33-10-19-36(20-11-33)55-28-4-7-43(49)58-31-39(60-45(51)9-6-30-57-38-23-14-35(15-24-38)18-27-42(48)54-3)32-59-44(50)8-5-29-56-37-21-12-34(13-22-37)17-26-41(47)53-2/h10-27,39H,4-9,28-32H2,1-3H3/b25-16+,26-17+,27-18+. The molecule has 0 unspecified atom stereocenters. The third-order valence-electron chi connectivity index (χ3n) is 8.02. The average Bonchev–Trinajstić information content (AvgIpc) is 3.27. The lowest BCUT2D eigenvalue weighted by Gasteiger charge is -2.18. The molecule has 15 nitrogen and oxygen atoms in total. The summed E-state index contributed by atoms with van der Waals surface area (Å²) >= 11 is 0. The summed E-state index contributed by atoms with van der Waals surface area (Å²) in [4.78, 5) is 71.7. The lowest BCUT2D eigenvalue weighted by atomic mass is 10.2. The third kappa shape index (κ3) is 20.5. The highest BCUT2D eigenvalue weighted by Crippen LogP contribution is 2.17. The maximum absolute atomic E-state index is 12.8. The molecular formula is C45H50O15. The Kier molecular flexibility index (Phi) is 21.9. The second kappa shape index (κ2) is 27.7. The Morgan fingerprint density at radius 3 is 1.05 bits per heavy atom. The number of hydrogen-bond acceptors (Lipinski definition) is 15. The Bertz CT molecular complexity index is 1800. The Morgan fingerprint density at radius 1 is 0.450 bits per heavy atom. The fourth-order valence-corrected chi connectivity index (χ4v) is 4.82. The Morgan fingerprint density at radius 2 is 0.750 bits per heavy atom.